The van der Waals surface area contributed by atoms with Gasteiger partial charge >= 0.3 is 0 Å². The van der Waals surface area contributed by atoms with Gasteiger partial charge in [-0.15, -0.1) is 0 Å². The molecule has 0 radical (unpaired) electrons. The van der Waals surface area contributed by atoms with Crippen molar-refractivity contribution in [3.8, 4) is 5.75 Å². The Morgan fingerprint density at radius 2 is 1.49 bits per heavy atom. The number of carbonyl (C=O) groups excluding carboxylic acids is 2. The van der Waals surface area contributed by atoms with Crippen LogP contribution in [0.15, 0.2) is 102 Å². The topological polar surface area (TPSA) is 96.0 Å². The first-order valence-electron chi connectivity index (χ1n) is 14.3. The second-order valence-electron chi connectivity index (χ2n) is 10.3. The van der Waals surface area contributed by atoms with Gasteiger partial charge in [-0.2, -0.15) is 0 Å². The molecule has 0 spiro atoms. The highest BCUT2D eigenvalue weighted by Gasteiger charge is 2.35. The van der Waals surface area contributed by atoms with Crippen molar-refractivity contribution in [2.24, 2.45) is 0 Å². The molecule has 0 aliphatic carbocycles. The summed E-state index contributed by atoms with van der Waals surface area (Å²) in [5, 5.41) is 3.46. The largest absolute Gasteiger partial charge is 0.497 e. The van der Waals surface area contributed by atoms with Crippen molar-refractivity contribution in [2.45, 2.75) is 37.8 Å². The number of benzene rings is 4. The fourth-order valence-electron chi connectivity index (χ4n) is 4.81. The van der Waals surface area contributed by atoms with Gasteiger partial charge in [-0.25, -0.2) is 8.42 Å². The summed E-state index contributed by atoms with van der Waals surface area (Å²) in [7, 11) is -2.76. The van der Waals surface area contributed by atoms with Crippen LogP contribution in [0.1, 0.15) is 23.6 Å². The van der Waals surface area contributed by atoms with Crippen LogP contribution in [-0.2, 0) is 32.6 Å². The molecular formula is C34H35Cl2N3O5S. The fraction of sp³-hybridized carbons (Fsp3) is 0.235. The first-order valence-corrected chi connectivity index (χ1v) is 16.5. The summed E-state index contributed by atoms with van der Waals surface area (Å²) in [4.78, 5) is 29.4. The SMILES string of the molecule is CCNC(=O)C(Cc1ccccc1)N(Cc1c(Cl)cccc1Cl)C(=O)CN(c1ccc(C)cc1)S(=O)(=O)c1ccc(OC)cc1. The lowest BCUT2D eigenvalue weighted by Crippen LogP contribution is -2.53. The van der Waals surface area contributed by atoms with Gasteiger partial charge in [0.05, 0.1) is 17.7 Å². The van der Waals surface area contributed by atoms with E-state index in [9.17, 15) is 18.0 Å². The molecule has 1 atom stereocenters. The Balaban J connectivity index is 1.82. The summed E-state index contributed by atoms with van der Waals surface area (Å²) in [6.07, 6.45) is 0.177. The van der Waals surface area contributed by atoms with Gasteiger partial charge in [0, 0.05) is 35.1 Å². The summed E-state index contributed by atoms with van der Waals surface area (Å²) >= 11 is 13.1. The van der Waals surface area contributed by atoms with Crippen LogP contribution in [0.3, 0.4) is 0 Å². The predicted octanol–water partition coefficient (Wildman–Crippen LogP) is 6.28. The maximum absolute atomic E-state index is 14.5. The second kappa shape index (κ2) is 15.3. The molecule has 0 heterocycles. The monoisotopic (exact) mass is 667 g/mol. The molecule has 0 saturated heterocycles. The van der Waals surface area contributed by atoms with Crippen molar-refractivity contribution < 1.29 is 22.7 Å². The van der Waals surface area contributed by atoms with Gasteiger partial charge in [-0.1, -0.05) is 77.3 Å². The molecule has 11 heteroatoms. The standard InChI is InChI=1S/C34H35Cl2N3O5S/c1-4-37-34(41)32(21-25-9-6-5-7-10-25)38(22-29-30(35)11-8-12-31(29)36)33(40)23-39(26-15-13-24(2)14-16-26)45(42,43)28-19-17-27(44-3)18-20-28/h5-20,32H,4,21-23H2,1-3H3,(H,37,41). The van der Waals surface area contributed by atoms with E-state index in [1.165, 1.54) is 24.1 Å². The number of methoxy groups -OCH3 is 1. The molecule has 4 aromatic carbocycles. The lowest BCUT2D eigenvalue weighted by Gasteiger charge is -2.34. The lowest BCUT2D eigenvalue weighted by molar-refractivity contribution is -0.140. The molecule has 8 nitrogen and oxygen atoms in total. The number of sulfonamides is 1. The number of nitrogens with zero attached hydrogens (tertiary/aromatic N) is 2. The van der Waals surface area contributed by atoms with E-state index in [0.29, 0.717) is 27.9 Å². The van der Waals surface area contributed by atoms with Crippen molar-refractivity contribution in [1.82, 2.24) is 10.2 Å². The molecule has 0 aliphatic rings. The Kier molecular flexibility index (Phi) is 11.5. The number of hydrogen-bond donors (Lipinski definition) is 1. The number of amides is 2. The van der Waals surface area contributed by atoms with Crippen LogP contribution in [0.5, 0.6) is 5.75 Å². The number of halogens is 2. The third-order valence-electron chi connectivity index (χ3n) is 7.26. The van der Waals surface area contributed by atoms with Crippen LogP contribution >= 0.6 is 23.2 Å². The number of aryl methyl sites for hydroxylation is 1. The van der Waals surface area contributed by atoms with Crippen molar-refractivity contribution in [3.05, 3.63) is 124 Å². The van der Waals surface area contributed by atoms with Crippen LogP contribution in [0.25, 0.3) is 0 Å². The van der Waals surface area contributed by atoms with Crippen molar-refractivity contribution in [2.75, 3.05) is 24.5 Å². The van der Waals surface area contributed by atoms with Crippen molar-refractivity contribution >= 4 is 50.7 Å². The van der Waals surface area contributed by atoms with E-state index in [-0.39, 0.29) is 23.5 Å². The smallest absolute Gasteiger partial charge is 0.264 e. The number of rotatable bonds is 13. The molecule has 0 bridgehead atoms. The number of anilines is 1. The lowest BCUT2D eigenvalue weighted by atomic mass is 10.0. The van der Waals surface area contributed by atoms with Gasteiger partial charge in [-0.3, -0.25) is 13.9 Å². The number of nitrogens with one attached hydrogen (secondary N) is 1. The van der Waals surface area contributed by atoms with E-state index in [0.717, 1.165) is 15.4 Å². The van der Waals surface area contributed by atoms with Gasteiger partial charge < -0.3 is 15.0 Å². The molecular weight excluding hydrogens is 633 g/mol. The number of hydrogen-bond acceptors (Lipinski definition) is 5. The van der Waals surface area contributed by atoms with E-state index in [1.807, 2.05) is 37.3 Å². The highest BCUT2D eigenvalue weighted by Crippen LogP contribution is 2.29. The highest BCUT2D eigenvalue weighted by molar-refractivity contribution is 7.92. The maximum Gasteiger partial charge on any atom is 0.264 e. The first-order chi connectivity index (χ1) is 21.5. The van der Waals surface area contributed by atoms with Gasteiger partial charge in [-0.05, 0) is 67.9 Å². The average molecular weight is 669 g/mol. The summed E-state index contributed by atoms with van der Waals surface area (Å²) in [6.45, 7) is 3.28. The molecule has 0 aliphatic heterocycles. The zero-order chi connectivity index (χ0) is 32.6. The number of likely N-dealkylation sites (N-methyl/N-ethyl adjacent to an activating group) is 1. The highest BCUT2D eigenvalue weighted by atomic mass is 35.5. The minimum atomic E-state index is -4.25. The summed E-state index contributed by atoms with van der Waals surface area (Å²) < 4.78 is 34.5. The van der Waals surface area contributed by atoms with Gasteiger partial charge in [0.1, 0.15) is 18.3 Å². The van der Waals surface area contributed by atoms with E-state index in [4.69, 9.17) is 27.9 Å². The maximum atomic E-state index is 14.5. The predicted molar refractivity (Wildman–Crippen MR) is 178 cm³/mol. The third kappa shape index (κ3) is 8.36. The first kappa shape index (κ1) is 33.8. The molecule has 45 heavy (non-hydrogen) atoms. The van der Waals surface area contributed by atoms with Gasteiger partial charge in [0.2, 0.25) is 11.8 Å². The van der Waals surface area contributed by atoms with Crippen molar-refractivity contribution in [3.63, 3.8) is 0 Å². The Bertz CT molecular complexity index is 1700. The third-order valence-corrected chi connectivity index (χ3v) is 9.76. The van der Waals surface area contributed by atoms with Crippen LogP contribution < -0.4 is 14.4 Å². The van der Waals surface area contributed by atoms with Crippen LogP contribution in [0, 0.1) is 6.92 Å². The van der Waals surface area contributed by atoms with Crippen molar-refractivity contribution in [1.29, 1.82) is 0 Å². The summed E-state index contributed by atoms with van der Waals surface area (Å²) in [5.74, 6) is -0.519. The quantitative estimate of drug-likeness (QED) is 0.181. The number of ether oxygens (including phenoxy) is 1. The Hall–Kier alpha value is -4.05. The Morgan fingerprint density at radius 1 is 0.867 bits per heavy atom. The zero-order valence-corrected chi connectivity index (χ0v) is 27.6. The molecule has 236 valence electrons. The Morgan fingerprint density at radius 3 is 2.07 bits per heavy atom. The zero-order valence-electron chi connectivity index (χ0n) is 25.2. The van der Waals surface area contributed by atoms with Crippen LogP contribution in [0.2, 0.25) is 10.0 Å². The summed E-state index contributed by atoms with van der Waals surface area (Å²) in [5.41, 5.74) is 2.47. The van der Waals surface area contributed by atoms with Crippen LogP contribution in [-0.4, -0.2) is 51.4 Å². The average Bonchev–Trinajstić information content (AvgIpc) is 3.03. The molecule has 4 rings (SSSR count). The fourth-order valence-corrected chi connectivity index (χ4v) is 6.75. The van der Waals surface area contributed by atoms with E-state index in [1.54, 1.807) is 61.5 Å². The minimum absolute atomic E-state index is 0.0260. The number of carbonyl (C=O) groups is 2. The molecule has 4 aromatic rings. The van der Waals surface area contributed by atoms with Gasteiger partial charge in [0.25, 0.3) is 10.0 Å². The van der Waals surface area contributed by atoms with E-state index < -0.39 is 34.4 Å². The van der Waals surface area contributed by atoms with Crippen LogP contribution in [0.4, 0.5) is 5.69 Å². The Labute approximate surface area is 274 Å². The molecule has 2 amide bonds. The second-order valence-corrected chi connectivity index (χ2v) is 13.0. The molecule has 0 fully saturated rings. The molecule has 1 unspecified atom stereocenters. The van der Waals surface area contributed by atoms with Gasteiger partial charge in [0.15, 0.2) is 0 Å². The molecule has 0 aromatic heterocycles. The molecule has 1 N–H and O–H groups in total. The summed E-state index contributed by atoms with van der Waals surface area (Å²) in [6, 6.07) is 26.0. The minimum Gasteiger partial charge on any atom is -0.497 e. The normalized spacial score (nSPS) is 11.8. The van der Waals surface area contributed by atoms with E-state index >= 15 is 0 Å². The molecule has 0 saturated carbocycles. The van der Waals surface area contributed by atoms with E-state index in [2.05, 4.69) is 5.32 Å².